The number of likely N-dealkylation sites (tertiary alicyclic amines) is 1. The number of hydrogen-bond donors (Lipinski definition) is 0. The second-order valence-corrected chi connectivity index (χ2v) is 8.10. The SMILES string of the molecule is Cn1cnnc1C1CCN(C(=O)C2(c3ccc(Cl)cc3)CCCC2)CC1. The fourth-order valence-electron chi connectivity index (χ4n) is 4.68. The highest BCUT2D eigenvalue weighted by atomic mass is 35.5. The highest BCUT2D eigenvalue weighted by molar-refractivity contribution is 6.30. The number of nitrogens with zero attached hydrogens (tertiary/aromatic N) is 4. The van der Waals surface area contributed by atoms with Crippen LogP contribution in [0, 0.1) is 0 Å². The lowest BCUT2D eigenvalue weighted by atomic mass is 9.77. The summed E-state index contributed by atoms with van der Waals surface area (Å²) in [5, 5.41) is 8.97. The predicted octanol–water partition coefficient (Wildman–Crippen LogP) is 3.69. The van der Waals surface area contributed by atoms with Crippen LogP contribution in [0.2, 0.25) is 5.02 Å². The molecule has 6 heteroatoms. The van der Waals surface area contributed by atoms with E-state index >= 15 is 0 Å². The summed E-state index contributed by atoms with van der Waals surface area (Å²) in [5.74, 6) is 1.72. The molecule has 1 amide bonds. The molecule has 1 aliphatic heterocycles. The third kappa shape index (κ3) is 3.02. The van der Waals surface area contributed by atoms with Gasteiger partial charge in [0.25, 0.3) is 0 Å². The van der Waals surface area contributed by atoms with Crippen LogP contribution in [0.1, 0.15) is 55.8 Å². The number of carbonyl (C=O) groups is 1. The molecule has 0 unspecified atom stereocenters. The molecule has 2 aliphatic rings. The van der Waals surface area contributed by atoms with Gasteiger partial charge in [-0.15, -0.1) is 10.2 Å². The second kappa shape index (κ2) is 7.03. The number of aryl methyl sites for hydroxylation is 1. The normalized spacial score (nSPS) is 20.5. The maximum absolute atomic E-state index is 13.5. The van der Waals surface area contributed by atoms with Crippen LogP contribution in [-0.2, 0) is 17.3 Å². The molecule has 26 heavy (non-hydrogen) atoms. The van der Waals surface area contributed by atoms with Gasteiger partial charge in [-0.1, -0.05) is 36.6 Å². The Labute approximate surface area is 159 Å². The van der Waals surface area contributed by atoms with Crippen LogP contribution in [0.4, 0.5) is 0 Å². The van der Waals surface area contributed by atoms with Crippen molar-refractivity contribution in [3.8, 4) is 0 Å². The first-order chi connectivity index (χ1) is 12.6. The van der Waals surface area contributed by atoms with Crippen LogP contribution < -0.4 is 0 Å². The lowest BCUT2D eigenvalue weighted by molar-refractivity contribution is -0.138. The molecule has 0 bridgehead atoms. The Morgan fingerprint density at radius 2 is 1.81 bits per heavy atom. The largest absolute Gasteiger partial charge is 0.342 e. The molecule has 0 spiro atoms. The highest BCUT2D eigenvalue weighted by Gasteiger charge is 2.45. The van der Waals surface area contributed by atoms with Gasteiger partial charge in [0.15, 0.2) is 0 Å². The summed E-state index contributed by atoms with van der Waals surface area (Å²) in [7, 11) is 1.99. The predicted molar refractivity (Wildman–Crippen MR) is 101 cm³/mol. The Bertz CT molecular complexity index is 771. The van der Waals surface area contributed by atoms with Crippen LogP contribution in [0.15, 0.2) is 30.6 Å². The Balaban J connectivity index is 1.51. The zero-order valence-corrected chi connectivity index (χ0v) is 16.0. The topological polar surface area (TPSA) is 51.0 Å². The summed E-state index contributed by atoms with van der Waals surface area (Å²) in [5.41, 5.74) is 0.766. The van der Waals surface area contributed by atoms with Crippen LogP contribution in [-0.4, -0.2) is 38.7 Å². The molecule has 1 saturated heterocycles. The molecule has 4 rings (SSSR count). The van der Waals surface area contributed by atoms with Crippen LogP contribution in [0.3, 0.4) is 0 Å². The minimum Gasteiger partial charge on any atom is -0.342 e. The van der Waals surface area contributed by atoms with Crippen molar-refractivity contribution in [2.45, 2.75) is 49.9 Å². The maximum Gasteiger partial charge on any atom is 0.233 e. The van der Waals surface area contributed by atoms with E-state index in [4.69, 9.17) is 11.6 Å². The van der Waals surface area contributed by atoms with E-state index in [-0.39, 0.29) is 5.41 Å². The fourth-order valence-corrected chi connectivity index (χ4v) is 4.80. The minimum absolute atomic E-state index is 0.300. The smallest absolute Gasteiger partial charge is 0.233 e. The zero-order valence-electron chi connectivity index (χ0n) is 15.2. The van der Waals surface area contributed by atoms with Crippen molar-refractivity contribution in [3.63, 3.8) is 0 Å². The third-order valence-corrected chi connectivity index (χ3v) is 6.41. The third-order valence-electron chi connectivity index (χ3n) is 6.16. The molecular formula is C20H25ClN4O. The molecular weight excluding hydrogens is 348 g/mol. The van der Waals surface area contributed by atoms with Gasteiger partial charge in [0.1, 0.15) is 12.2 Å². The average Bonchev–Trinajstić information content (AvgIpc) is 3.32. The van der Waals surface area contributed by atoms with Crippen LogP contribution in [0.25, 0.3) is 0 Å². The molecule has 2 fully saturated rings. The van der Waals surface area contributed by atoms with Gasteiger partial charge in [-0.3, -0.25) is 4.79 Å². The zero-order chi connectivity index (χ0) is 18.1. The summed E-state index contributed by atoms with van der Waals surface area (Å²) in [6, 6.07) is 7.89. The lowest BCUT2D eigenvalue weighted by Crippen LogP contribution is -2.48. The summed E-state index contributed by atoms with van der Waals surface area (Å²) in [4.78, 5) is 15.6. The highest BCUT2D eigenvalue weighted by Crippen LogP contribution is 2.43. The van der Waals surface area contributed by atoms with Crippen molar-refractivity contribution < 1.29 is 4.79 Å². The summed E-state index contributed by atoms with van der Waals surface area (Å²) in [6.45, 7) is 1.59. The van der Waals surface area contributed by atoms with Gasteiger partial charge in [0.05, 0.1) is 5.41 Å². The van der Waals surface area contributed by atoms with E-state index in [1.165, 1.54) is 0 Å². The van der Waals surface area contributed by atoms with Crippen molar-refractivity contribution in [3.05, 3.63) is 47.0 Å². The van der Waals surface area contributed by atoms with E-state index in [1.807, 2.05) is 35.9 Å². The number of benzene rings is 1. The molecule has 5 nitrogen and oxygen atoms in total. The molecule has 1 aromatic heterocycles. The summed E-state index contributed by atoms with van der Waals surface area (Å²) in [6.07, 6.45) is 7.77. The van der Waals surface area contributed by atoms with Crippen molar-refractivity contribution in [1.82, 2.24) is 19.7 Å². The lowest BCUT2D eigenvalue weighted by Gasteiger charge is -2.38. The van der Waals surface area contributed by atoms with E-state index in [2.05, 4.69) is 15.1 Å². The second-order valence-electron chi connectivity index (χ2n) is 7.66. The van der Waals surface area contributed by atoms with Gasteiger partial charge in [-0.2, -0.15) is 0 Å². The number of hydrogen-bond acceptors (Lipinski definition) is 3. The summed E-state index contributed by atoms with van der Waals surface area (Å²) < 4.78 is 1.99. The van der Waals surface area contributed by atoms with Crippen LogP contribution >= 0.6 is 11.6 Å². The Morgan fingerprint density at radius 3 is 2.38 bits per heavy atom. The fraction of sp³-hybridized carbons (Fsp3) is 0.550. The maximum atomic E-state index is 13.5. The molecule has 1 aliphatic carbocycles. The van der Waals surface area contributed by atoms with E-state index in [1.54, 1.807) is 6.33 Å². The molecule has 0 radical (unpaired) electrons. The quantitative estimate of drug-likeness (QED) is 0.825. The van der Waals surface area contributed by atoms with E-state index in [9.17, 15) is 4.79 Å². The number of rotatable bonds is 3. The number of amides is 1. The average molecular weight is 373 g/mol. The van der Waals surface area contributed by atoms with Crippen molar-refractivity contribution >= 4 is 17.5 Å². The number of aromatic nitrogens is 3. The van der Waals surface area contributed by atoms with E-state index < -0.39 is 0 Å². The van der Waals surface area contributed by atoms with Gasteiger partial charge in [-0.25, -0.2) is 0 Å². The Morgan fingerprint density at radius 1 is 1.15 bits per heavy atom. The van der Waals surface area contributed by atoms with E-state index in [0.29, 0.717) is 11.8 Å². The van der Waals surface area contributed by atoms with E-state index in [0.717, 1.165) is 68.0 Å². The van der Waals surface area contributed by atoms with Crippen molar-refractivity contribution in [2.24, 2.45) is 7.05 Å². The number of carbonyl (C=O) groups excluding carboxylic acids is 1. The standard InChI is InChI=1S/C20H25ClN4O/c1-24-14-22-23-18(24)15-8-12-25(13-9-15)19(26)20(10-2-3-11-20)16-4-6-17(21)7-5-16/h4-7,14-15H,2-3,8-13H2,1H3. The van der Waals surface area contributed by atoms with Gasteiger partial charge in [0, 0.05) is 31.1 Å². The molecule has 0 N–H and O–H groups in total. The molecule has 138 valence electrons. The molecule has 2 heterocycles. The monoisotopic (exact) mass is 372 g/mol. The van der Waals surface area contributed by atoms with Gasteiger partial charge in [0.2, 0.25) is 5.91 Å². The Hall–Kier alpha value is -1.88. The van der Waals surface area contributed by atoms with Gasteiger partial charge < -0.3 is 9.47 Å². The summed E-state index contributed by atoms with van der Waals surface area (Å²) >= 11 is 6.06. The minimum atomic E-state index is -0.359. The molecule has 1 aromatic carbocycles. The van der Waals surface area contributed by atoms with Gasteiger partial charge >= 0.3 is 0 Å². The first-order valence-corrected chi connectivity index (χ1v) is 9.87. The molecule has 1 saturated carbocycles. The van der Waals surface area contributed by atoms with Crippen LogP contribution in [0.5, 0.6) is 0 Å². The Kier molecular flexibility index (Phi) is 4.74. The first-order valence-electron chi connectivity index (χ1n) is 9.49. The van der Waals surface area contributed by atoms with Crippen molar-refractivity contribution in [2.75, 3.05) is 13.1 Å². The van der Waals surface area contributed by atoms with Gasteiger partial charge in [-0.05, 0) is 43.4 Å². The molecule has 2 aromatic rings. The molecule has 0 atom stereocenters. The number of halogens is 1. The first kappa shape index (κ1) is 17.5. The number of piperidine rings is 1. The van der Waals surface area contributed by atoms with Crippen molar-refractivity contribution in [1.29, 1.82) is 0 Å².